The van der Waals surface area contributed by atoms with Crippen molar-refractivity contribution in [2.24, 2.45) is 5.92 Å². The highest BCUT2D eigenvalue weighted by Gasteiger charge is 2.45. The molecule has 104 valence electrons. The minimum Gasteiger partial charge on any atom is -0.416 e. The Kier molecular flexibility index (Phi) is 7.61. The van der Waals surface area contributed by atoms with E-state index in [1.54, 1.807) is 0 Å². The largest absolute Gasteiger partial charge is 0.416 e. The first-order chi connectivity index (χ1) is 7.78. The Hall–Kier alpha value is 0.137. The van der Waals surface area contributed by atoms with Crippen molar-refractivity contribution in [3.8, 4) is 0 Å². The van der Waals surface area contributed by atoms with Gasteiger partial charge in [0.2, 0.25) is 0 Å². The van der Waals surface area contributed by atoms with E-state index in [1.807, 2.05) is 0 Å². The van der Waals surface area contributed by atoms with Crippen LogP contribution in [0.5, 0.6) is 0 Å². The van der Waals surface area contributed by atoms with Gasteiger partial charge in [0.1, 0.15) is 0 Å². The van der Waals surface area contributed by atoms with E-state index in [0.29, 0.717) is 22.5 Å². The van der Waals surface area contributed by atoms with E-state index >= 15 is 0 Å². The van der Waals surface area contributed by atoms with Crippen molar-refractivity contribution in [1.29, 1.82) is 0 Å². The predicted molar refractivity (Wildman–Crippen MR) is 77.9 cm³/mol. The molecule has 0 aliphatic heterocycles. The molecule has 1 atom stereocenters. The summed E-state index contributed by atoms with van der Waals surface area (Å²) in [6.07, 6.45) is 0.846. The second kappa shape index (κ2) is 7.55. The molecule has 0 fully saturated rings. The van der Waals surface area contributed by atoms with Crippen LogP contribution in [0.1, 0.15) is 54.9 Å². The fourth-order valence-corrected chi connectivity index (χ4v) is 8.66. The van der Waals surface area contributed by atoms with Crippen molar-refractivity contribution in [2.75, 3.05) is 13.2 Å². The van der Waals surface area contributed by atoms with Crippen molar-refractivity contribution in [3.05, 3.63) is 0 Å². The molecule has 0 aromatic rings. The van der Waals surface area contributed by atoms with Crippen molar-refractivity contribution in [1.82, 2.24) is 0 Å². The molecule has 0 radical (unpaired) electrons. The molecule has 0 rings (SSSR count). The van der Waals surface area contributed by atoms with E-state index in [-0.39, 0.29) is 6.61 Å². The molecule has 0 heterocycles. The Morgan fingerprint density at radius 1 is 0.882 bits per heavy atom. The van der Waals surface area contributed by atoms with Crippen LogP contribution < -0.4 is 0 Å². The molecule has 17 heavy (non-hydrogen) atoms. The molecule has 0 spiro atoms. The van der Waals surface area contributed by atoms with Gasteiger partial charge in [0.15, 0.2) is 8.32 Å². The fourth-order valence-electron chi connectivity index (χ4n) is 3.09. The van der Waals surface area contributed by atoms with Crippen LogP contribution in [0.3, 0.4) is 0 Å². The summed E-state index contributed by atoms with van der Waals surface area (Å²) < 4.78 is 6.46. The molecule has 1 N–H and O–H groups in total. The lowest BCUT2D eigenvalue weighted by atomic mass is 10.1. The highest BCUT2D eigenvalue weighted by molar-refractivity contribution is 6.77. The van der Waals surface area contributed by atoms with Crippen molar-refractivity contribution in [2.45, 2.75) is 71.5 Å². The molecule has 0 amide bonds. The summed E-state index contributed by atoms with van der Waals surface area (Å²) in [6, 6.07) is 0. The summed E-state index contributed by atoms with van der Waals surface area (Å²) in [5, 5.41) is 8.95. The van der Waals surface area contributed by atoms with Crippen LogP contribution in [0.2, 0.25) is 16.6 Å². The highest BCUT2D eigenvalue weighted by atomic mass is 28.4. The van der Waals surface area contributed by atoms with Crippen molar-refractivity contribution >= 4 is 8.32 Å². The minimum atomic E-state index is -1.70. The van der Waals surface area contributed by atoms with Crippen molar-refractivity contribution < 1.29 is 9.53 Å². The van der Waals surface area contributed by atoms with Gasteiger partial charge in [-0.05, 0) is 29.0 Å². The van der Waals surface area contributed by atoms with Gasteiger partial charge in [-0.1, -0.05) is 48.5 Å². The Morgan fingerprint density at radius 3 is 1.59 bits per heavy atom. The van der Waals surface area contributed by atoms with E-state index < -0.39 is 8.32 Å². The SMILES string of the molecule is CC(CCO)CO[Si](C(C)C)(C(C)C)C(C)C. The lowest BCUT2D eigenvalue weighted by molar-refractivity contribution is 0.192. The average molecular weight is 260 g/mol. The first-order valence-corrected chi connectivity index (χ1v) is 9.17. The molecular formula is C14H32O2Si. The lowest BCUT2D eigenvalue weighted by Gasteiger charge is -2.42. The van der Waals surface area contributed by atoms with Gasteiger partial charge in [0.05, 0.1) is 0 Å². The molecule has 0 aromatic heterocycles. The molecular weight excluding hydrogens is 228 g/mol. The third kappa shape index (κ3) is 4.38. The Morgan fingerprint density at radius 2 is 1.29 bits per heavy atom. The van der Waals surface area contributed by atoms with Gasteiger partial charge < -0.3 is 9.53 Å². The second-order valence-corrected chi connectivity index (χ2v) is 11.7. The third-order valence-electron chi connectivity index (χ3n) is 3.95. The molecule has 0 bridgehead atoms. The number of hydrogen-bond donors (Lipinski definition) is 1. The Bertz CT molecular complexity index is 181. The lowest BCUT2D eigenvalue weighted by Crippen LogP contribution is -2.48. The maximum atomic E-state index is 8.95. The van der Waals surface area contributed by atoms with Gasteiger partial charge in [0.25, 0.3) is 0 Å². The third-order valence-corrected chi connectivity index (χ3v) is 10.0. The molecule has 0 saturated carbocycles. The predicted octanol–water partition coefficient (Wildman–Crippen LogP) is 4.20. The first-order valence-electron chi connectivity index (χ1n) is 7.03. The van der Waals surface area contributed by atoms with Gasteiger partial charge in [-0.2, -0.15) is 0 Å². The molecule has 2 nitrogen and oxygen atoms in total. The van der Waals surface area contributed by atoms with Crippen LogP contribution in [0, 0.1) is 5.92 Å². The van der Waals surface area contributed by atoms with E-state index in [1.165, 1.54) is 0 Å². The van der Waals surface area contributed by atoms with Crippen LogP contribution in [-0.4, -0.2) is 26.6 Å². The van der Waals surface area contributed by atoms with E-state index in [0.717, 1.165) is 13.0 Å². The molecule has 1 unspecified atom stereocenters. The molecule has 0 saturated heterocycles. The van der Waals surface area contributed by atoms with Crippen LogP contribution in [0.15, 0.2) is 0 Å². The summed E-state index contributed by atoms with van der Waals surface area (Å²) in [4.78, 5) is 0. The number of aliphatic hydroxyl groups is 1. The van der Waals surface area contributed by atoms with Gasteiger partial charge in [0, 0.05) is 13.2 Å². The van der Waals surface area contributed by atoms with E-state index in [4.69, 9.17) is 9.53 Å². The summed E-state index contributed by atoms with van der Waals surface area (Å²) in [6.45, 7) is 17.1. The van der Waals surface area contributed by atoms with Gasteiger partial charge >= 0.3 is 0 Å². The first kappa shape index (κ1) is 17.1. The Balaban J connectivity index is 4.70. The topological polar surface area (TPSA) is 29.5 Å². The summed E-state index contributed by atoms with van der Waals surface area (Å²) in [5.74, 6) is 0.461. The van der Waals surface area contributed by atoms with E-state index in [9.17, 15) is 0 Å². The summed E-state index contributed by atoms with van der Waals surface area (Å²) >= 11 is 0. The number of rotatable bonds is 8. The van der Waals surface area contributed by atoms with Crippen LogP contribution >= 0.6 is 0 Å². The summed E-state index contributed by atoms with van der Waals surface area (Å²) in [5.41, 5.74) is 1.93. The minimum absolute atomic E-state index is 0.268. The number of aliphatic hydroxyl groups excluding tert-OH is 1. The van der Waals surface area contributed by atoms with Gasteiger partial charge in [-0.25, -0.2) is 0 Å². The van der Waals surface area contributed by atoms with Crippen molar-refractivity contribution in [3.63, 3.8) is 0 Å². The molecule has 0 aromatic carbocycles. The van der Waals surface area contributed by atoms with E-state index in [2.05, 4.69) is 48.5 Å². The zero-order chi connectivity index (χ0) is 13.6. The maximum absolute atomic E-state index is 8.95. The monoisotopic (exact) mass is 260 g/mol. The van der Waals surface area contributed by atoms with Gasteiger partial charge in [-0.15, -0.1) is 0 Å². The molecule has 0 aliphatic carbocycles. The smallest absolute Gasteiger partial charge is 0.200 e. The number of hydrogen-bond acceptors (Lipinski definition) is 2. The Labute approximate surface area is 109 Å². The second-order valence-electron chi connectivity index (χ2n) is 6.25. The van der Waals surface area contributed by atoms with Crippen LogP contribution in [-0.2, 0) is 4.43 Å². The maximum Gasteiger partial charge on any atom is 0.200 e. The summed E-state index contributed by atoms with van der Waals surface area (Å²) in [7, 11) is -1.70. The van der Waals surface area contributed by atoms with Crippen LogP contribution in [0.4, 0.5) is 0 Å². The molecule has 3 heteroatoms. The average Bonchev–Trinajstić information content (AvgIpc) is 2.17. The standard InChI is InChI=1S/C14H32O2Si/c1-11(2)17(12(3)4,13(5)6)16-10-14(7)8-9-15/h11-15H,8-10H2,1-7H3. The quantitative estimate of drug-likeness (QED) is 0.663. The van der Waals surface area contributed by atoms with Crippen LogP contribution in [0.25, 0.3) is 0 Å². The fraction of sp³-hybridized carbons (Fsp3) is 1.00. The zero-order valence-electron chi connectivity index (χ0n) is 12.8. The molecule has 0 aliphatic rings. The zero-order valence-corrected chi connectivity index (χ0v) is 13.8. The normalized spacial score (nSPS) is 15.0. The highest BCUT2D eigenvalue weighted by Crippen LogP contribution is 2.42. The van der Waals surface area contributed by atoms with Gasteiger partial charge in [-0.3, -0.25) is 0 Å².